The van der Waals surface area contributed by atoms with Crippen LogP contribution < -0.4 is 63.1 Å². The van der Waals surface area contributed by atoms with Gasteiger partial charge in [-0.15, -0.1) is 0 Å². The monoisotopic (exact) mass is 1930 g/mol. The van der Waals surface area contributed by atoms with Gasteiger partial charge in [-0.1, -0.05) is 46.4 Å². The van der Waals surface area contributed by atoms with Crippen LogP contribution in [0.3, 0.4) is 0 Å². The van der Waals surface area contributed by atoms with Gasteiger partial charge in [0, 0.05) is 42.3 Å². The van der Waals surface area contributed by atoms with Crippen molar-refractivity contribution in [1.82, 2.24) is 38.2 Å². The smallest absolute Gasteiger partial charge is 0.404 e. The minimum absolute atomic E-state index is 0.0364. The fourth-order valence-electron chi connectivity index (χ4n) is 11.4. The number of ether oxygens (including phenoxy) is 4. The summed E-state index contributed by atoms with van der Waals surface area (Å²) in [5, 5.41) is 82.5. The van der Waals surface area contributed by atoms with Crippen molar-refractivity contribution >= 4 is 77.7 Å². The number of alkyl halides is 4. The highest BCUT2D eigenvalue weighted by atomic mass is 35.5. The molecule has 0 saturated carbocycles. The van der Waals surface area contributed by atoms with Crippen molar-refractivity contribution in [2.75, 3.05) is 26.3 Å². The first-order chi connectivity index (χ1) is 60.3. The molecule has 4 saturated heterocycles. The summed E-state index contributed by atoms with van der Waals surface area (Å²) in [4.78, 5) is 98.6. The van der Waals surface area contributed by atoms with Crippen LogP contribution in [0.15, 0.2) is 136 Å². The molecule has 8 aromatic rings. The number of phosphoric acid groups is 4. The van der Waals surface area contributed by atoms with Crippen LogP contribution in [0.1, 0.15) is 55.3 Å². The van der Waals surface area contributed by atoms with Gasteiger partial charge in [-0.2, -0.15) is 17.6 Å². The van der Waals surface area contributed by atoms with Crippen LogP contribution in [-0.4, -0.2) is 178 Å². The van der Waals surface area contributed by atoms with Crippen LogP contribution >= 0.6 is 77.7 Å². The Labute approximate surface area is 708 Å². The number of hydrogen-bond acceptors (Lipinski definition) is 36. The summed E-state index contributed by atoms with van der Waals surface area (Å²) in [5.74, 6) is -20.8. The van der Waals surface area contributed by atoms with Gasteiger partial charge in [-0.25, -0.2) is 55.0 Å². The van der Waals surface area contributed by atoms with E-state index in [2.05, 4.69) is 13.8 Å². The SMILES string of the molecule is O=c1[nH]c(=O)n([C@@H]2O[C@](F)(COP3(=O)OCc4cc(Cl)ccc4O3)[C@@H](O)[C@H]2O)cc1F.[2H]C([2H])(OP1(=O)OCc2cc(Cl)ccc2O1)[C@@]1(F)O[C@@H](n2cc(F)c(=O)[nH]c2=O)[C@H](O)[C@@H]1O.[2H]C([2H])(OP1(=O)OCc2cc(Cl)ccc2O1)[C@@]1(F)O[C@@]([2H])(n2cc(F)c(=O)[nH]c2=O)[C@H](O)[C@@H]1O.[2H][C@@]1(n2cc(F)c(=O)[nH]c2=O)O[C@](F)(COP2(=O)OCc3cc(Cl)ccc3O2)[C@@H](O)[C@H]1O. The van der Waals surface area contributed by atoms with E-state index in [9.17, 15) is 115 Å². The molecule has 672 valence electrons. The molecule has 0 bridgehead atoms. The fraction of sp³-hybridized carbons (Fsp3) is 0.375. The Morgan fingerprint density at radius 2 is 0.629 bits per heavy atom. The van der Waals surface area contributed by atoms with Crippen molar-refractivity contribution < 1.29 is 176 Å². The Hall–Kier alpha value is -8.48. The molecule has 124 heavy (non-hydrogen) atoms. The van der Waals surface area contributed by atoms with Crippen molar-refractivity contribution in [3.8, 4) is 23.0 Å². The summed E-state index contributed by atoms with van der Waals surface area (Å²) in [6.07, 6.45) is -29.9. The van der Waals surface area contributed by atoms with Crippen LogP contribution in [0.2, 0.25) is 20.1 Å². The second kappa shape index (κ2) is 35.6. The van der Waals surface area contributed by atoms with Crippen LogP contribution in [0.25, 0.3) is 0 Å². The number of rotatable bonds is 16. The number of nitrogens with zero attached hydrogens (tertiary/aromatic N) is 4. The van der Waals surface area contributed by atoms with Crippen molar-refractivity contribution in [2.24, 2.45) is 0 Å². The fourth-order valence-corrected chi connectivity index (χ4v) is 16.9. The standard InChI is InChI=1S/4C16H14ClF2N2O9P/c4*17-8-1-2-10-7(3-8)5-27-31(26,30-10)28-6-16(19)12(23)11(22)14(29-16)21-4-9(18)13(24)20-15(21)25/h4*1-4,11-12,14,22-23H,5-6H2,(H,20,24,25)/t4*11-,12+,14-,16-,31?/m1111/s1/i6D2,14D;14D;6D2;. The summed E-state index contributed by atoms with van der Waals surface area (Å²) in [6, 6.07) is 16.7. The number of aromatic amines is 4. The molecule has 4 aromatic carbocycles. The molecule has 44 nitrogen and oxygen atoms in total. The number of phosphoric ester groups is 4. The van der Waals surface area contributed by atoms with Gasteiger partial charge in [0.2, 0.25) is 23.3 Å². The Balaban J connectivity index is 0.000000148. The molecule has 12 heterocycles. The molecule has 8 aliphatic rings. The third-order valence-corrected chi connectivity index (χ3v) is 23.6. The normalized spacial score (nSPS) is 34.6. The zero-order valence-corrected chi connectivity index (χ0v) is 67.0. The maximum atomic E-state index is 15.7. The molecule has 12 N–H and O–H groups in total. The van der Waals surface area contributed by atoms with Gasteiger partial charge in [0.15, 0.2) is 24.9 Å². The molecule has 0 amide bonds. The number of hydrogen-bond donors (Lipinski definition) is 12. The van der Waals surface area contributed by atoms with Crippen molar-refractivity contribution in [3.05, 3.63) is 247 Å². The molecular formula is C64H56Cl4F8N8O36P4. The molecule has 16 rings (SSSR count). The highest BCUT2D eigenvalue weighted by molar-refractivity contribution is 7.49. The molecule has 60 heteroatoms. The molecular weight excluding hydrogens is 1870 g/mol. The number of aliphatic hydroxyl groups is 8. The lowest BCUT2D eigenvalue weighted by atomic mass is 10.1. The maximum absolute atomic E-state index is 15.7. The van der Waals surface area contributed by atoms with E-state index in [4.69, 9.17) is 114 Å². The molecule has 4 aromatic heterocycles. The number of nitrogens with one attached hydrogen (secondary N) is 4. The van der Waals surface area contributed by atoms with E-state index >= 15 is 17.6 Å². The van der Waals surface area contributed by atoms with Gasteiger partial charge in [0.25, 0.3) is 45.7 Å². The first-order valence-corrected chi connectivity index (χ1v) is 41.2. The van der Waals surface area contributed by atoms with Crippen molar-refractivity contribution in [3.63, 3.8) is 0 Å². The molecule has 20 atom stereocenters. The molecule has 0 spiro atoms. The Morgan fingerprint density at radius 1 is 0.387 bits per heavy atom. The van der Waals surface area contributed by atoms with Crippen LogP contribution in [0.5, 0.6) is 23.0 Å². The minimum atomic E-state index is -4.93. The Kier molecular flexibility index (Phi) is 24.4. The quantitative estimate of drug-likeness (QED) is 0.0482. The minimum Gasteiger partial charge on any atom is -0.404 e. The van der Waals surface area contributed by atoms with Gasteiger partial charge in [-0.05, 0) is 72.8 Å². The largest absolute Gasteiger partial charge is 0.530 e. The summed E-state index contributed by atoms with van der Waals surface area (Å²) >= 11 is 23.3. The van der Waals surface area contributed by atoms with Gasteiger partial charge in [0.1, 0.15) is 98.2 Å². The first kappa shape index (κ1) is 85.0. The van der Waals surface area contributed by atoms with Gasteiger partial charge in [-0.3, -0.25) is 93.6 Å². The van der Waals surface area contributed by atoms with Crippen molar-refractivity contribution in [2.45, 2.75) is 124 Å². The maximum Gasteiger partial charge on any atom is 0.530 e. The van der Waals surface area contributed by atoms with Gasteiger partial charge >= 0.3 is 54.0 Å². The van der Waals surface area contributed by atoms with Gasteiger partial charge < -0.3 is 77.9 Å². The topological polar surface area (TPSA) is 597 Å². The third-order valence-electron chi connectivity index (χ3n) is 17.7. The van der Waals surface area contributed by atoms with E-state index in [0.29, 0.717) is 48.1 Å². The van der Waals surface area contributed by atoms with Crippen LogP contribution in [0.4, 0.5) is 35.1 Å². The number of H-pyrrole nitrogens is 4. The molecule has 0 aliphatic carbocycles. The molecule has 0 radical (unpaired) electrons. The van der Waals surface area contributed by atoms with E-state index in [0.717, 1.165) is 0 Å². The molecule has 8 aliphatic heterocycles. The average Bonchev–Trinajstić information content (AvgIpc) is 1.55. The summed E-state index contributed by atoms with van der Waals surface area (Å²) < 4.78 is 294. The number of fused-ring (bicyclic) bond motifs is 4. The number of aromatic nitrogens is 8. The van der Waals surface area contributed by atoms with Gasteiger partial charge in [0.05, 0.1) is 59.4 Å². The first-order valence-electron chi connectivity index (χ1n) is 36.9. The van der Waals surface area contributed by atoms with E-state index in [1.807, 2.05) is 0 Å². The van der Waals surface area contributed by atoms with E-state index in [1.165, 1.54) is 87.7 Å². The van der Waals surface area contributed by atoms with Crippen molar-refractivity contribution in [1.29, 1.82) is 0 Å². The second-order valence-corrected chi connectivity index (χ2v) is 34.1. The lowest BCUT2D eigenvalue weighted by Gasteiger charge is -2.28. The number of aliphatic hydroxyl groups excluding tert-OH is 8. The van der Waals surface area contributed by atoms with Crippen LogP contribution in [-0.2, 0) is 99.8 Å². The summed E-state index contributed by atoms with van der Waals surface area (Å²) in [6.45, 7) is -11.8. The zero-order valence-electron chi connectivity index (χ0n) is 66.4. The third kappa shape index (κ3) is 19.5. The highest BCUT2D eigenvalue weighted by Crippen LogP contribution is 2.60. The average molecular weight is 1940 g/mol. The summed E-state index contributed by atoms with van der Waals surface area (Å²) in [7, 11) is -18.6. The Bertz CT molecular complexity index is 6570. The van der Waals surface area contributed by atoms with E-state index in [1.54, 1.807) is 4.98 Å². The second-order valence-electron chi connectivity index (χ2n) is 26.1. The summed E-state index contributed by atoms with van der Waals surface area (Å²) in [5.41, 5.74) is -9.72. The lowest BCUT2D eigenvalue weighted by molar-refractivity contribution is -0.205. The predicted octanol–water partition coefficient (Wildman–Crippen LogP) is 3.92. The number of halogens is 12. The molecule has 4 fully saturated rings. The van der Waals surface area contributed by atoms with Crippen LogP contribution in [0, 0.1) is 23.3 Å². The molecule has 4 unspecified atom stereocenters. The predicted molar refractivity (Wildman–Crippen MR) is 391 cm³/mol. The Morgan fingerprint density at radius 3 is 0.952 bits per heavy atom. The van der Waals surface area contributed by atoms with E-state index < -0.39 is 236 Å². The lowest BCUT2D eigenvalue weighted by Crippen LogP contribution is -2.43. The van der Waals surface area contributed by atoms with E-state index in [-0.39, 0.29) is 73.5 Å². The number of benzene rings is 4. The highest BCUT2D eigenvalue weighted by Gasteiger charge is 2.62. The zero-order chi connectivity index (χ0) is 95.6.